The van der Waals surface area contributed by atoms with Crippen LogP contribution in [0.1, 0.15) is 5.56 Å². The van der Waals surface area contributed by atoms with Crippen LogP contribution in [0.5, 0.6) is 5.75 Å². The van der Waals surface area contributed by atoms with Gasteiger partial charge >= 0.3 is 5.97 Å². The predicted molar refractivity (Wildman–Crippen MR) is 63.8 cm³/mol. The average molecular weight is 244 g/mol. The standard InChI is InChI=1S/C11H13NO3.ClH/c1-2-11(12,10(14)15)7-8-3-5-9(13)6-4-8;/h2-6,13H,1,7,12H2,(H,14,15);1H/t11-;/m0./s1. The lowest BCUT2D eigenvalue weighted by atomic mass is 9.92. The normalized spacial score (nSPS) is 13.3. The Morgan fingerprint density at radius 1 is 1.44 bits per heavy atom. The van der Waals surface area contributed by atoms with Gasteiger partial charge in [-0.15, -0.1) is 19.0 Å². The molecule has 0 fully saturated rings. The molecule has 0 saturated carbocycles. The van der Waals surface area contributed by atoms with E-state index in [0.29, 0.717) is 0 Å². The molecule has 4 N–H and O–H groups in total. The maximum absolute atomic E-state index is 10.9. The van der Waals surface area contributed by atoms with Gasteiger partial charge in [-0.05, 0) is 17.7 Å². The largest absolute Gasteiger partial charge is 0.508 e. The summed E-state index contributed by atoms with van der Waals surface area (Å²) in [5, 5.41) is 18.0. The van der Waals surface area contributed by atoms with E-state index in [-0.39, 0.29) is 24.6 Å². The molecular formula is C11H14ClNO3. The molecule has 1 rings (SSSR count). The first-order valence-electron chi connectivity index (χ1n) is 4.42. The zero-order valence-electron chi connectivity index (χ0n) is 8.59. The van der Waals surface area contributed by atoms with Crippen LogP contribution in [0.2, 0.25) is 0 Å². The summed E-state index contributed by atoms with van der Waals surface area (Å²) in [6.07, 6.45) is 1.36. The summed E-state index contributed by atoms with van der Waals surface area (Å²) in [6, 6.07) is 6.23. The molecule has 0 bridgehead atoms. The molecule has 1 atom stereocenters. The highest BCUT2D eigenvalue weighted by Crippen LogP contribution is 2.15. The highest BCUT2D eigenvalue weighted by atomic mass is 35.5. The first kappa shape index (κ1) is 14.5. The van der Waals surface area contributed by atoms with Gasteiger partial charge in [0.1, 0.15) is 11.3 Å². The van der Waals surface area contributed by atoms with E-state index in [2.05, 4.69) is 6.58 Å². The van der Waals surface area contributed by atoms with Crippen molar-refractivity contribution in [1.82, 2.24) is 0 Å². The Kier molecular flexibility index (Phi) is 5.01. The van der Waals surface area contributed by atoms with E-state index in [4.69, 9.17) is 15.9 Å². The average Bonchev–Trinajstić information content (AvgIpc) is 2.21. The van der Waals surface area contributed by atoms with Crippen LogP contribution in [0.15, 0.2) is 36.9 Å². The number of benzene rings is 1. The Balaban J connectivity index is 0.00000225. The van der Waals surface area contributed by atoms with Gasteiger partial charge in [0.2, 0.25) is 0 Å². The molecule has 0 heterocycles. The smallest absolute Gasteiger partial charge is 0.328 e. The molecular weight excluding hydrogens is 230 g/mol. The lowest BCUT2D eigenvalue weighted by molar-refractivity contribution is -0.141. The summed E-state index contributed by atoms with van der Waals surface area (Å²) in [4.78, 5) is 10.9. The number of hydrogen-bond acceptors (Lipinski definition) is 3. The lowest BCUT2D eigenvalue weighted by Gasteiger charge is -2.20. The SMILES string of the molecule is C=C[C@](N)(Cc1ccc(O)cc1)C(=O)O.Cl. The van der Waals surface area contributed by atoms with Crippen molar-refractivity contribution in [3.05, 3.63) is 42.5 Å². The second-order valence-corrected chi connectivity index (χ2v) is 3.39. The van der Waals surface area contributed by atoms with Crippen LogP contribution in [-0.4, -0.2) is 21.7 Å². The van der Waals surface area contributed by atoms with Crippen molar-refractivity contribution in [2.24, 2.45) is 5.73 Å². The van der Waals surface area contributed by atoms with Gasteiger partial charge in [-0.1, -0.05) is 18.2 Å². The number of rotatable bonds is 4. The van der Waals surface area contributed by atoms with Gasteiger partial charge in [-0.2, -0.15) is 0 Å². The summed E-state index contributed by atoms with van der Waals surface area (Å²) in [5.74, 6) is -0.985. The van der Waals surface area contributed by atoms with Crippen LogP contribution in [0.25, 0.3) is 0 Å². The number of phenolic OH excluding ortho intramolecular Hbond substituents is 1. The van der Waals surface area contributed by atoms with E-state index in [1.54, 1.807) is 12.1 Å². The van der Waals surface area contributed by atoms with Crippen molar-refractivity contribution in [1.29, 1.82) is 0 Å². The van der Waals surface area contributed by atoms with Crippen molar-refractivity contribution < 1.29 is 15.0 Å². The third-order valence-corrected chi connectivity index (χ3v) is 2.20. The molecule has 1 aromatic rings. The molecule has 0 radical (unpaired) electrons. The Labute approximate surface area is 99.8 Å². The second kappa shape index (κ2) is 5.53. The molecule has 0 aliphatic rings. The maximum atomic E-state index is 10.9. The quantitative estimate of drug-likeness (QED) is 0.697. The maximum Gasteiger partial charge on any atom is 0.328 e. The van der Waals surface area contributed by atoms with E-state index in [0.717, 1.165) is 5.56 Å². The first-order valence-corrected chi connectivity index (χ1v) is 4.42. The minimum Gasteiger partial charge on any atom is -0.508 e. The topological polar surface area (TPSA) is 83.5 Å². The fourth-order valence-corrected chi connectivity index (χ4v) is 1.19. The number of aromatic hydroxyl groups is 1. The molecule has 88 valence electrons. The van der Waals surface area contributed by atoms with Crippen molar-refractivity contribution in [3.8, 4) is 5.75 Å². The lowest BCUT2D eigenvalue weighted by Crippen LogP contribution is -2.47. The van der Waals surface area contributed by atoms with Crippen molar-refractivity contribution >= 4 is 18.4 Å². The van der Waals surface area contributed by atoms with Gasteiger partial charge < -0.3 is 15.9 Å². The zero-order valence-corrected chi connectivity index (χ0v) is 9.41. The van der Waals surface area contributed by atoms with E-state index < -0.39 is 11.5 Å². The molecule has 0 saturated heterocycles. The van der Waals surface area contributed by atoms with Crippen molar-refractivity contribution in [3.63, 3.8) is 0 Å². The van der Waals surface area contributed by atoms with Crippen LogP contribution >= 0.6 is 12.4 Å². The molecule has 0 aliphatic heterocycles. The van der Waals surface area contributed by atoms with Gasteiger partial charge in [0.25, 0.3) is 0 Å². The summed E-state index contributed by atoms with van der Waals surface area (Å²) in [6.45, 7) is 3.41. The van der Waals surface area contributed by atoms with Crippen LogP contribution < -0.4 is 5.73 Å². The second-order valence-electron chi connectivity index (χ2n) is 3.39. The van der Waals surface area contributed by atoms with Gasteiger partial charge in [-0.3, -0.25) is 0 Å². The van der Waals surface area contributed by atoms with E-state index in [1.807, 2.05) is 0 Å². The van der Waals surface area contributed by atoms with Gasteiger partial charge in [0.15, 0.2) is 0 Å². The Bertz CT molecular complexity index is 377. The molecule has 0 amide bonds. The van der Waals surface area contributed by atoms with Gasteiger partial charge in [0, 0.05) is 6.42 Å². The number of nitrogens with two attached hydrogens (primary N) is 1. The highest BCUT2D eigenvalue weighted by molar-refractivity contribution is 5.85. The highest BCUT2D eigenvalue weighted by Gasteiger charge is 2.30. The Morgan fingerprint density at radius 2 is 1.94 bits per heavy atom. The molecule has 0 unspecified atom stereocenters. The number of carboxylic acids is 1. The number of carboxylic acid groups (broad SMARTS) is 1. The van der Waals surface area contributed by atoms with Crippen LogP contribution in [0.3, 0.4) is 0 Å². The van der Waals surface area contributed by atoms with Crippen LogP contribution in [0, 0.1) is 0 Å². The summed E-state index contributed by atoms with van der Waals surface area (Å²) >= 11 is 0. The predicted octanol–water partition coefficient (Wildman–Crippen LogP) is 1.32. The fourth-order valence-electron chi connectivity index (χ4n) is 1.19. The molecule has 16 heavy (non-hydrogen) atoms. The van der Waals surface area contributed by atoms with Gasteiger partial charge in [0.05, 0.1) is 0 Å². The molecule has 0 aromatic heterocycles. The molecule has 4 nitrogen and oxygen atoms in total. The Morgan fingerprint density at radius 3 is 2.31 bits per heavy atom. The van der Waals surface area contributed by atoms with E-state index in [1.165, 1.54) is 18.2 Å². The number of hydrogen-bond donors (Lipinski definition) is 3. The van der Waals surface area contributed by atoms with Gasteiger partial charge in [-0.25, -0.2) is 4.79 Å². The number of carbonyl (C=O) groups is 1. The third kappa shape index (κ3) is 3.25. The van der Waals surface area contributed by atoms with E-state index >= 15 is 0 Å². The summed E-state index contributed by atoms with van der Waals surface area (Å²) in [5.41, 5.74) is 4.90. The van der Waals surface area contributed by atoms with Crippen molar-refractivity contribution in [2.45, 2.75) is 12.0 Å². The summed E-state index contributed by atoms with van der Waals surface area (Å²) in [7, 11) is 0. The minimum atomic E-state index is -1.46. The fraction of sp³-hybridized carbons (Fsp3) is 0.182. The Hall–Kier alpha value is -1.52. The molecule has 5 heteroatoms. The molecule has 0 spiro atoms. The van der Waals surface area contributed by atoms with E-state index in [9.17, 15) is 4.79 Å². The minimum absolute atomic E-state index is 0. The third-order valence-electron chi connectivity index (χ3n) is 2.20. The molecule has 0 aliphatic carbocycles. The van der Waals surface area contributed by atoms with Crippen molar-refractivity contribution in [2.75, 3.05) is 0 Å². The first-order chi connectivity index (χ1) is 6.98. The zero-order chi connectivity index (χ0) is 11.5. The monoisotopic (exact) mass is 243 g/mol. The number of halogens is 1. The number of phenols is 1. The van der Waals surface area contributed by atoms with Crippen LogP contribution in [-0.2, 0) is 11.2 Å². The number of aliphatic carboxylic acids is 1. The molecule has 1 aromatic carbocycles. The van der Waals surface area contributed by atoms with Crippen LogP contribution in [0.4, 0.5) is 0 Å². The summed E-state index contributed by atoms with van der Waals surface area (Å²) < 4.78 is 0.